The second-order valence-electron chi connectivity index (χ2n) is 8.66. The van der Waals surface area contributed by atoms with E-state index in [0.717, 1.165) is 18.7 Å². The molecule has 3 heterocycles. The molecule has 1 unspecified atom stereocenters. The standard InChI is InChI=1S/C21H26FN3O3.ClH/c1-28-11-18(26)25-9-13-8-24(21(27)19-15-6-23-7-16(15)19)10-17(13)20(25)12-3-2-4-14(22)5-12;/h2-5,13,15-17,19-20,23H,6-11H2,1H3;1H/t13-,15-,16+,17-,19?,20+;/m1./s1. The third kappa shape index (κ3) is 3.43. The van der Waals surface area contributed by atoms with Crippen molar-refractivity contribution < 1.29 is 18.7 Å². The van der Waals surface area contributed by atoms with Gasteiger partial charge >= 0.3 is 0 Å². The van der Waals surface area contributed by atoms with E-state index >= 15 is 0 Å². The van der Waals surface area contributed by atoms with Crippen LogP contribution < -0.4 is 5.32 Å². The van der Waals surface area contributed by atoms with E-state index in [9.17, 15) is 14.0 Å². The van der Waals surface area contributed by atoms with Gasteiger partial charge in [-0.15, -0.1) is 12.4 Å². The van der Waals surface area contributed by atoms with Crippen LogP contribution in [0.25, 0.3) is 0 Å². The largest absolute Gasteiger partial charge is 0.375 e. The number of carbonyl (C=O) groups is 2. The molecule has 6 atom stereocenters. The van der Waals surface area contributed by atoms with Crippen molar-refractivity contribution in [2.24, 2.45) is 29.6 Å². The number of piperidine rings is 1. The minimum absolute atomic E-state index is 0. The summed E-state index contributed by atoms with van der Waals surface area (Å²) in [5.74, 6) is 1.46. The maximum atomic E-state index is 13.9. The van der Waals surface area contributed by atoms with Gasteiger partial charge in [0.25, 0.3) is 0 Å². The SMILES string of the molecule is COCC(=O)N1C[C@H]2CN(C(=O)C3[C@H]4CNC[C@@H]34)C[C@H]2[C@@H]1c1cccc(F)c1.Cl. The van der Waals surface area contributed by atoms with Gasteiger partial charge in [-0.2, -0.15) is 0 Å². The molecule has 6 nitrogen and oxygen atoms in total. The van der Waals surface area contributed by atoms with Crippen molar-refractivity contribution in [3.05, 3.63) is 35.6 Å². The molecule has 0 radical (unpaired) electrons. The van der Waals surface area contributed by atoms with Crippen LogP contribution in [-0.4, -0.2) is 68.1 Å². The van der Waals surface area contributed by atoms with E-state index in [1.54, 1.807) is 6.07 Å². The number of likely N-dealkylation sites (tertiary alicyclic amines) is 2. The molecular weight excluding hydrogens is 397 g/mol. The van der Waals surface area contributed by atoms with Crippen LogP contribution in [-0.2, 0) is 14.3 Å². The second-order valence-corrected chi connectivity index (χ2v) is 8.66. The van der Waals surface area contributed by atoms with Crippen molar-refractivity contribution in [2.75, 3.05) is 46.4 Å². The molecule has 3 saturated heterocycles. The van der Waals surface area contributed by atoms with Crippen molar-refractivity contribution in [3.8, 4) is 0 Å². The number of hydrogen-bond donors (Lipinski definition) is 1. The number of nitrogens with one attached hydrogen (secondary N) is 1. The minimum Gasteiger partial charge on any atom is -0.375 e. The molecular formula is C21H27ClFN3O3. The summed E-state index contributed by atoms with van der Waals surface area (Å²) in [6, 6.07) is 6.29. The molecule has 29 heavy (non-hydrogen) atoms. The summed E-state index contributed by atoms with van der Waals surface area (Å²) < 4.78 is 18.9. The molecule has 0 bridgehead atoms. The maximum absolute atomic E-state index is 13.9. The molecule has 4 aliphatic rings. The van der Waals surface area contributed by atoms with Gasteiger partial charge < -0.3 is 19.9 Å². The third-order valence-electron chi connectivity index (χ3n) is 7.13. The van der Waals surface area contributed by atoms with Crippen molar-refractivity contribution in [3.63, 3.8) is 0 Å². The molecule has 3 aliphatic heterocycles. The number of rotatable bonds is 4. The number of halogens is 2. The van der Waals surface area contributed by atoms with Crippen molar-refractivity contribution in [1.29, 1.82) is 0 Å². The number of methoxy groups -OCH3 is 1. The first-order valence-corrected chi connectivity index (χ1v) is 10.1. The van der Waals surface area contributed by atoms with Gasteiger partial charge in [0.15, 0.2) is 0 Å². The Balaban J connectivity index is 0.00000205. The third-order valence-corrected chi connectivity index (χ3v) is 7.13. The Bertz CT molecular complexity index is 799. The number of carbonyl (C=O) groups excluding carboxylic acids is 2. The highest BCUT2D eigenvalue weighted by molar-refractivity contribution is 5.85. The number of ether oxygens (including phenoxy) is 1. The molecule has 4 fully saturated rings. The Morgan fingerprint density at radius 1 is 1.17 bits per heavy atom. The fourth-order valence-electron chi connectivity index (χ4n) is 5.80. The smallest absolute Gasteiger partial charge is 0.249 e. The quantitative estimate of drug-likeness (QED) is 0.793. The molecule has 0 spiro atoms. The van der Waals surface area contributed by atoms with Gasteiger partial charge in [0.1, 0.15) is 12.4 Å². The first kappa shape index (κ1) is 20.6. The van der Waals surface area contributed by atoms with Crippen molar-refractivity contribution in [1.82, 2.24) is 15.1 Å². The number of hydrogen-bond acceptors (Lipinski definition) is 4. The monoisotopic (exact) mass is 423 g/mol. The average molecular weight is 424 g/mol. The van der Waals surface area contributed by atoms with E-state index in [0.29, 0.717) is 31.5 Å². The molecule has 1 aromatic rings. The first-order valence-electron chi connectivity index (χ1n) is 10.1. The molecule has 158 valence electrons. The lowest BCUT2D eigenvalue weighted by atomic mass is 9.89. The lowest BCUT2D eigenvalue weighted by Gasteiger charge is -2.30. The highest BCUT2D eigenvalue weighted by Gasteiger charge is 2.59. The summed E-state index contributed by atoms with van der Waals surface area (Å²) in [7, 11) is 1.51. The predicted molar refractivity (Wildman–Crippen MR) is 107 cm³/mol. The summed E-state index contributed by atoms with van der Waals surface area (Å²) in [4.78, 5) is 29.5. The van der Waals surface area contributed by atoms with Crippen LogP contribution in [0.5, 0.6) is 0 Å². The average Bonchev–Trinajstić information content (AvgIpc) is 3.04. The molecule has 1 aliphatic carbocycles. The van der Waals surface area contributed by atoms with Crippen LogP contribution in [0, 0.1) is 35.4 Å². The fourth-order valence-corrected chi connectivity index (χ4v) is 5.80. The molecule has 1 N–H and O–H groups in total. The zero-order valence-corrected chi connectivity index (χ0v) is 17.2. The van der Waals surface area contributed by atoms with E-state index in [1.165, 1.54) is 19.2 Å². The number of benzene rings is 1. The van der Waals surface area contributed by atoms with Gasteiger partial charge in [0, 0.05) is 44.5 Å². The van der Waals surface area contributed by atoms with Gasteiger partial charge in [-0.05, 0) is 42.6 Å². The second kappa shape index (κ2) is 7.85. The Morgan fingerprint density at radius 2 is 1.93 bits per heavy atom. The van der Waals surface area contributed by atoms with Crippen LogP contribution in [0.15, 0.2) is 24.3 Å². The van der Waals surface area contributed by atoms with Gasteiger partial charge in [0.05, 0.1) is 6.04 Å². The zero-order chi connectivity index (χ0) is 19.4. The molecule has 5 rings (SSSR count). The van der Waals surface area contributed by atoms with Crippen LogP contribution in [0.3, 0.4) is 0 Å². The maximum Gasteiger partial charge on any atom is 0.249 e. The summed E-state index contributed by atoms with van der Waals surface area (Å²) in [5.41, 5.74) is 0.804. The Kier molecular flexibility index (Phi) is 5.57. The number of fused-ring (bicyclic) bond motifs is 2. The summed E-state index contributed by atoms with van der Waals surface area (Å²) in [5, 5.41) is 3.34. The Morgan fingerprint density at radius 3 is 2.62 bits per heavy atom. The van der Waals surface area contributed by atoms with E-state index in [4.69, 9.17) is 4.74 Å². The van der Waals surface area contributed by atoms with Gasteiger partial charge in [-0.1, -0.05) is 12.1 Å². The normalized spacial score (nSPS) is 34.6. The Hall–Kier alpha value is -1.70. The van der Waals surface area contributed by atoms with Crippen LogP contribution >= 0.6 is 12.4 Å². The van der Waals surface area contributed by atoms with Gasteiger partial charge in [-0.3, -0.25) is 9.59 Å². The predicted octanol–water partition coefficient (Wildman–Crippen LogP) is 1.32. The zero-order valence-electron chi connectivity index (χ0n) is 16.4. The first-order chi connectivity index (χ1) is 13.6. The highest BCUT2D eigenvalue weighted by Crippen LogP contribution is 2.51. The fraction of sp³-hybridized carbons (Fsp3) is 0.619. The molecule has 1 aromatic carbocycles. The summed E-state index contributed by atoms with van der Waals surface area (Å²) in [6.07, 6.45) is 0. The van der Waals surface area contributed by atoms with E-state index in [2.05, 4.69) is 5.32 Å². The summed E-state index contributed by atoms with van der Waals surface area (Å²) in [6.45, 7) is 3.85. The van der Waals surface area contributed by atoms with Crippen LogP contribution in [0.2, 0.25) is 0 Å². The van der Waals surface area contributed by atoms with E-state index < -0.39 is 0 Å². The van der Waals surface area contributed by atoms with Crippen LogP contribution in [0.4, 0.5) is 4.39 Å². The lowest BCUT2D eigenvalue weighted by molar-refractivity contribution is -0.137. The van der Waals surface area contributed by atoms with E-state index in [1.807, 2.05) is 15.9 Å². The van der Waals surface area contributed by atoms with Crippen molar-refractivity contribution >= 4 is 24.2 Å². The number of nitrogens with zero attached hydrogens (tertiary/aromatic N) is 2. The number of amides is 2. The summed E-state index contributed by atoms with van der Waals surface area (Å²) >= 11 is 0. The van der Waals surface area contributed by atoms with E-state index in [-0.39, 0.29) is 60.4 Å². The molecule has 0 aromatic heterocycles. The Labute approximate surface area is 176 Å². The van der Waals surface area contributed by atoms with Crippen molar-refractivity contribution in [2.45, 2.75) is 6.04 Å². The van der Waals surface area contributed by atoms with Gasteiger partial charge in [-0.25, -0.2) is 4.39 Å². The van der Waals surface area contributed by atoms with Crippen LogP contribution in [0.1, 0.15) is 11.6 Å². The topological polar surface area (TPSA) is 61.9 Å². The highest BCUT2D eigenvalue weighted by atomic mass is 35.5. The molecule has 8 heteroatoms. The minimum atomic E-state index is -0.302. The molecule has 2 amide bonds. The van der Waals surface area contributed by atoms with Gasteiger partial charge in [0.2, 0.25) is 11.8 Å². The molecule has 1 saturated carbocycles. The lowest BCUT2D eigenvalue weighted by Crippen LogP contribution is -2.40.